The maximum atomic E-state index is 11.8. The second kappa shape index (κ2) is 5.82. The van der Waals surface area contributed by atoms with Gasteiger partial charge in [-0.2, -0.15) is 0 Å². The number of nitrogens with zero attached hydrogens (tertiary/aromatic N) is 2. The van der Waals surface area contributed by atoms with Crippen molar-refractivity contribution in [2.24, 2.45) is 0 Å². The van der Waals surface area contributed by atoms with Crippen LogP contribution in [0.15, 0.2) is 22.6 Å². The first-order chi connectivity index (χ1) is 10.2. The van der Waals surface area contributed by atoms with Crippen LogP contribution < -0.4 is 15.4 Å². The Morgan fingerprint density at radius 2 is 2.38 bits per heavy atom. The van der Waals surface area contributed by atoms with Crippen LogP contribution in [0.4, 0.5) is 11.7 Å². The van der Waals surface area contributed by atoms with Gasteiger partial charge in [-0.1, -0.05) is 17.2 Å². The summed E-state index contributed by atoms with van der Waals surface area (Å²) in [7, 11) is 0. The number of carbonyl (C=O) groups is 1. The lowest BCUT2D eigenvalue weighted by Gasteiger charge is -2.20. The Bertz CT molecular complexity index is 653. The van der Waals surface area contributed by atoms with E-state index in [9.17, 15) is 4.79 Å². The predicted molar refractivity (Wildman–Crippen MR) is 76.4 cm³/mol. The lowest BCUT2D eigenvalue weighted by atomic mass is 10.0. The van der Waals surface area contributed by atoms with E-state index < -0.39 is 0 Å². The molecule has 1 aliphatic rings. The molecule has 0 radical (unpaired) electrons. The molecule has 0 aliphatic carbocycles. The van der Waals surface area contributed by atoms with Crippen molar-refractivity contribution in [2.45, 2.75) is 19.8 Å². The number of nitrogens with one attached hydrogen (secondary N) is 2. The maximum Gasteiger partial charge on any atom is 0.322 e. The first kappa shape index (κ1) is 13.4. The second-order valence-corrected chi connectivity index (χ2v) is 4.78. The number of carbonyl (C=O) groups excluding carboxylic acids is 1. The molecule has 0 saturated carbocycles. The molecule has 7 heteroatoms. The van der Waals surface area contributed by atoms with Gasteiger partial charge in [-0.05, 0) is 24.5 Å². The highest BCUT2D eigenvalue weighted by atomic mass is 16.5. The van der Waals surface area contributed by atoms with Gasteiger partial charge in [-0.15, -0.1) is 5.10 Å². The highest BCUT2D eigenvalue weighted by Gasteiger charge is 2.15. The smallest absolute Gasteiger partial charge is 0.322 e. The molecule has 1 aromatic carbocycles. The summed E-state index contributed by atoms with van der Waals surface area (Å²) in [6, 6.07) is 5.92. The van der Waals surface area contributed by atoms with Gasteiger partial charge in [0.2, 0.25) is 5.89 Å². The normalized spacial score (nSPS) is 13.2. The first-order valence-electron chi connectivity index (χ1n) is 6.81. The molecule has 0 saturated heterocycles. The predicted octanol–water partition coefficient (Wildman–Crippen LogP) is 1.75. The fraction of sp³-hybridized carbons (Fsp3) is 0.357. The van der Waals surface area contributed by atoms with Crippen LogP contribution in [0.5, 0.6) is 5.75 Å². The summed E-state index contributed by atoms with van der Waals surface area (Å²) >= 11 is 0. The second-order valence-electron chi connectivity index (χ2n) is 4.78. The van der Waals surface area contributed by atoms with Gasteiger partial charge < -0.3 is 14.5 Å². The van der Waals surface area contributed by atoms with E-state index in [1.165, 1.54) is 5.56 Å². The molecule has 0 unspecified atom stereocenters. The third kappa shape index (κ3) is 3.13. The molecule has 0 atom stereocenters. The van der Waals surface area contributed by atoms with Gasteiger partial charge in [-0.25, -0.2) is 0 Å². The van der Waals surface area contributed by atoms with E-state index in [0.717, 1.165) is 25.1 Å². The zero-order valence-electron chi connectivity index (χ0n) is 11.7. The maximum absolute atomic E-state index is 11.8. The van der Waals surface area contributed by atoms with Gasteiger partial charge in [-0.3, -0.25) is 10.1 Å². The number of benzene rings is 1. The van der Waals surface area contributed by atoms with Gasteiger partial charge in [0.25, 0.3) is 5.91 Å². The molecule has 7 nitrogen and oxygen atoms in total. The van der Waals surface area contributed by atoms with E-state index in [1.807, 2.05) is 12.1 Å². The van der Waals surface area contributed by atoms with Crippen LogP contribution >= 0.6 is 0 Å². The summed E-state index contributed by atoms with van der Waals surface area (Å²) in [6.45, 7) is 2.46. The monoisotopic (exact) mass is 288 g/mol. The summed E-state index contributed by atoms with van der Waals surface area (Å²) in [5, 5.41) is 13.1. The van der Waals surface area contributed by atoms with Crippen LogP contribution in [0.3, 0.4) is 0 Å². The van der Waals surface area contributed by atoms with Crippen molar-refractivity contribution < 1.29 is 13.9 Å². The van der Waals surface area contributed by atoms with Crippen molar-refractivity contribution in [3.05, 3.63) is 29.7 Å². The summed E-state index contributed by atoms with van der Waals surface area (Å²) in [5.74, 6) is 0.740. The molecular formula is C14H16N4O3. The van der Waals surface area contributed by atoms with Gasteiger partial charge in [0, 0.05) is 13.5 Å². The van der Waals surface area contributed by atoms with Gasteiger partial charge in [0.1, 0.15) is 5.75 Å². The molecule has 3 rings (SSSR count). The van der Waals surface area contributed by atoms with E-state index >= 15 is 0 Å². The number of anilines is 2. The SMILES string of the molecule is Cc1nnc(NC(=O)COc2cccc3c2NCCC3)o1. The van der Waals surface area contributed by atoms with E-state index in [4.69, 9.17) is 9.15 Å². The van der Waals surface area contributed by atoms with E-state index in [0.29, 0.717) is 11.6 Å². The molecule has 21 heavy (non-hydrogen) atoms. The molecule has 2 N–H and O–H groups in total. The molecule has 2 heterocycles. The highest BCUT2D eigenvalue weighted by Crippen LogP contribution is 2.31. The molecule has 1 aromatic heterocycles. The van der Waals surface area contributed by atoms with Crippen LogP contribution in [0.2, 0.25) is 0 Å². The Kier molecular flexibility index (Phi) is 3.72. The standard InChI is InChI=1S/C14H16N4O3/c1-9-17-18-14(21-9)16-12(19)8-20-11-6-2-4-10-5-3-7-15-13(10)11/h2,4,6,15H,3,5,7-8H2,1H3,(H,16,18,19). The molecular weight excluding hydrogens is 272 g/mol. The number of hydrogen-bond donors (Lipinski definition) is 2. The minimum absolute atomic E-state index is 0.0781. The molecule has 1 amide bonds. The number of fused-ring (bicyclic) bond motifs is 1. The molecule has 0 bridgehead atoms. The summed E-state index contributed by atoms with van der Waals surface area (Å²) < 4.78 is 10.7. The number of amides is 1. The molecule has 0 fully saturated rings. The Balaban J connectivity index is 1.61. The van der Waals surface area contributed by atoms with Crippen LogP contribution in [0, 0.1) is 6.92 Å². The largest absolute Gasteiger partial charge is 0.482 e. The third-order valence-electron chi connectivity index (χ3n) is 3.17. The van der Waals surface area contributed by atoms with Crippen LogP contribution in [-0.2, 0) is 11.2 Å². The third-order valence-corrected chi connectivity index (χ3v) is 3.17. The van der Waals surface area contributed by atoms with Crippen molar-refractivity contribution >= 4 is 17.6 Å². The van der Waals surface area contributed by atoms with Gasteiger partial charge in [0.15, 0.2) is 6.61 Å². The highest BCUT2D eigenvalue weighted by molar-refractivity contribution is 5.89. The van der Waals surface area contributed by atoms with Crippen molar-refractivity contribution in [2.75, 3.05) is 23.8 Å². The lowest BCUT2D eigenvalue weighted by Crippen LogP contribution is -2.21. The molecule has 1 aliphatic heterocycles. The van der Waals surface area contributed by atoms with Crippen molar-refractivity contribution in [3.8, 4) is 5.75 Å². The number of para-hydroxylation sites is 1. The first-order valence-corrected chi connectivity index (χ1v) is 6.81. The fourth-order valence-electron chi connectivity index (χ4n) is 2.24. The fourth-order valence-corrected chi connectivity index (χ4v) is 2.24. The quantitative estimate of drug-likeness (QED) is 0.891. The average Bonchev–Trinajstić information content (AvgIpc) is 2.90. The average molecular weight is 288 g/mol. The molecule has 110 valence electrons. The molecule has 2 aromatic rings. The van der Waals surface area contributed by atoms with E-state index in [-0.39, 0.29) is 18.5 Å². The van der Waals surface area contributed by atoms with Gasteiger partial charge in [0.05, 0.1) is 5.69 Å². The zero-order chi connectivity index (χ0) is 14.7. The van der Waals surface area contributed by atoms with Crippen molar-refractivity contribution in [1.82, 2.24) is 10.2 Å². The van der Waals surface area contributed by atoms with E-state index in [1.54, 1.807) is 6.92 Å². The lowest BCUT2D eigenvalue weighted by molar-refractivity contribution is -0.118. The summed E-state index contributed by atoms with van der Waals surface area (Å²) in [5.41, 5.74) is 2.19. The van der Waals surface area contributed by atoms with Crippen molar-refractivity contribution in [3.63, 3.8) is 0 Å². The van der Waals surface area contributed by atoms with Gasteiger partial charge >= 0.3 is 6.01 Å². The van der Waals surface area contributed by atoms with Crippen LogP contribution in [-0.4, -0.2) is 29.3 Å². The number of aromatic nitrogens is 2. The van der Waals surface area contributed by atoms with Crippen molar-refractivity contribution in [1.29, 1.82) is 0 Å². The van der Waals surface area contributed by atoms with E-state index in [2.05, 4.69) is 26.9 Å². The minimum atomic E-state index is -0.341. The topological polar surface area (TPSA) is 89.3 Å². The summed E-state index contributed by atoms with van der Waals surface area (Å²) in [4.78, 5) is 11.8. The Hall–Kier alpha value is -2.57. The van der Waals surface area contributed by atoms with Crippen LogP contribution in [0.25, 0.3) is 0 Å². The zero-order valence-corrected chi connectivity index (χ0v) is 11.7. The number of aryl methyl sites for hydroxylation is 2. The number of hydrogen-bond acceptors (Lipinski definition) is 6. The number of ether oxygens (including phenoxy) is 1. The van der Waals surface area contributed by atoms with Crippen LogP contribution in [0.1, 0.15) is 17.9 Å². The Labute approximate surface area is 121 Å². The Morgan fingerprint density at radius 3 is 3.19 bits per heavy atom. The number of rotatable bonds is 4. The summed E-state index contributed by atoms with van der Waals surface area (Å²) in [6.07, 6.45) is 2.13. The minimum Gasteiger partial charge on any atom is -0.482 e. The molecule has 0 spiro atoms. The Morgan fingerprint density at radius 1 is 1.48 bits per heavy atom.